The number of thioether (sulfide) groups is 1. The molecule has 1 heterocycles. The predicted octanol–water partition coefficient (Wildman–Crippen LogP) is 4.54. The van der Waals surface area contributed by atoms with E-state index < -0.39 is 0 Å². The first-order valence-corrected chi connectivity index (χ1v) is 11.6. The summed E-state index contributed by atoms with van der Waals surface area (Å²) in [7, 11) is 0. The van der Waals surface area contributed by atoms with Gasteiger partial charge in [-0.2, -0.15) is 0 Å². The van der Waals surface area contributed by atoms with E-state index >= 15 is 0 Å². The lowest BCUT2D eigenvalue weighted by Gasteiger charge is -2.57. The van der Waals surface area contributed by atoms with E-state index in [1.54, 1.807) is 0 Å². The van der Waals surface area contributed by atoms with Crippen LogP contribution in [0.2, 0.25) is 0 Å². The Morgan fingerprint density at radius 3 is 2.45 bits per heavy atom. The first-order chi connectivity index (χ1) is 14.1. The molecule has 0 saturated heterocycles. The minimum Gasteiger partial charge on any atom is -0.350 e. The number of carbonyl (C=O) groups is 1. The number of hydrogen-bond donors (Lipinski definition) is 2. The van der Waals surface area contributed by atoms with Gasteiger partial charge in [0, 0.05) is 5.54 Å². The van der Waals surface area contributed by atoms with Crippen molar-refractivity contribution in [3.8, 4) is 0 Å². The summed E-state index contributed by atoms with van der Waals surface area (Å²) in [6.07, 6.45) is 11.6. The molecule has 4 aliphatic rings. The monoisotopic (exact) mass is 408 g/mol. The van der Waals surface area contributed by atoms with Crippen molar-refractivity contribution in [3.05, 3.63) is 41.7 Å². The lowest BCUT2D eigenvalue weighted by molar-refractivity contribution is -0.126. The van der Waals surface area contributed by atoms with Crippen LogP contribution < -0.4 is 5.32 Å². The second-order valence-corrected chi connectivity index (χ2v) is 10.5. The zero-order valence-corrected chi connectivity index (χ0v) is 17.6. The summed E-state index contributed by atoms with van der Waals surface area (Å²) < 4.78 is 0. The van der Waals surface area contributed by atoms with Crippen LogP contribution in [-0.2, 0) is 4.79 Å². The number of amides is 1. The number of benzene rings is 1. The van der Waals surface area contributed by atoms with Crippen molar-refractivity contribution in [2.24, 2.45) is 17.8 Å². The molecule has 29 heavy (non-hydrogen) atoms. The fraction of sp³-hybridized carbons (Fsp3) is 0.522. The summed E-state index contributed by atoms with van der Waals surface area (Å²) in [5.41, 5.74) is 1.17. The molecule has 0 spiro atoms. The molecule has 6 heteroatoms. The van der Waals surface area contributed by atoms with E-state index in [0.29, 0.717) is 11.0 Å². The topological polar surface area (TPSA) is 70.7 Å². The summed E-state index contributed by atoms with van der Waals surface area (Å²) in [5.74, 6) is 3.32. The average Bonchev–Trinajstić information content (AvgIpc) is 3.13. The minimum atomic E-state index is -0.204. The van der Waals surface area contributed by atoms with Crippen molar-refractivity contribution in [1.29, 1.82) is 0 Å². The van der Waals surface area contributed by atoms with Crippen molar-refractivity contribution < 1.29 is 4.79 Å². The Hall–Kier alpha value is -2.08. The van der Waals surface area contributed by atoms with Crippen LogP contribution >= 0.6 is 11.8 Å². The second-order valence-electron chi connectivity index (χ2n) is 9.19. The standard InChI is InChI=1S/C23H28N4OS/c1-15(21(28)25-23-12-17-9-18(13-23)11-19(10-17)14-23)29-22-24-20(26-27-22)8-7-16-5-3-2-4-6-16/h2-8,15,17-19H,9-14H2,1H3,(H,25,28)(H,24,26,27)/b8-7+. The third kappa shape index (κ3) is 4.13. The highest BCUT2D eigenvalue weighted by molar-refractivity contribution is 8.00. The number of hydrogen-bond acceptors (Lipinski definition) is 4. The summed E-state index contributed by atoms with van der Waals surface area (Å²) in [6.45, 7) is 1.95. The number of carbonyl (C=O) groups excluding carboxylic acids is 1. The third-order valence-corrected chi connectivity index (χ3v) is 7.75. The molecule has 4 aliphatic carbocycles. The Kier molecular flexibility index (Phi) is 4.98. The van der Waals surface area contributed by atoms with Crippen LogP contribution in [0.3, 0.4) is 0 Å². The fourth-order valence-corrected chi connectivity index (χ4v) is 6.69. The van der Waals surface area contributed by atoms with E-state index in [2.05, 4.69) is 20.5 Å². The molecular weight excluding hydrogens is 380 g/mol. The number of aromatic amines is 1. The van der Waals surface area contributed by atoms with Gasteiger partial charge in [0.2, 0.25) is 11.1 Å². The molecule has 152 valence electrons. The van der Waals surface area contributed by atoms with Crippen LogP contribution in [-0.4, -0.2) is 31.9 Å². The van der Waals surface area contributed by atoms with Gasteiger partial charge in [0.1, 0.15) is 5.82 Å². The summed E-state index contributed by atoms with van der Waals surface area (Å²) in [4.78, 5) is 17.4. The Balaban J connectivity index is 1.19. The van der Waals surface area contributed by atoms with Gasteiger partial charge in [-0.1, -0.05) is 48.2 Å². The SMILES string of the molecule is CC(Sc1n[nH]c(/C=C/c2ccccc2)n1)C(=O)NC12CC3CC(CC(C3)C1)C2. The van der Waals surface area contributed by atoms with Crippen LogP contribution in [0.5, 0.6) is 0 Å². The summed E-state index contributed by atoms with van der Waals surface area (Å²) in [5, 5.41) is 11.1. The molecule has 5 nitrogen and oxygen atoms in total. The van der Waals surface area contributed by atoms with E-state index in [4.69, 9.17) is 0 Å². The van der Waals surface area contributed by atoms with Crippen molar-refractivity contribution >= 4 is 29.8 Å². The fourth-order valence-electron chi connectivity index (χ4n) is 5.96. The molecular formula is C23H28N4OS. The molecule has 2 aromatic rings. The van der Waals surface area contributed by atoms with Crippen molar-refractivity contribution in [3.63, 3.8) is 0 Å². The molecule has 1 aromatic carbocycles. The normalized spacial score (nSPS) is 31.3. The molecule has 0 radical (unpaired) electrons. The van der Waals surface area contributed by atoms with Gasteiger partial charge >= 0.3 is 0 Å². The van der Waals surface area contributed by atoms with Gasteiger partial charge in [0.05, 0.1) is 5.25 Å². The van der Waals surface area contributed by atoms with Crippen molar-refractivity contribution in [2.45, 2.75) is 61.4 Å². The highest BCUT2D eigenvalue weighted by Gasteiger charge is 2.51. The Morgan fingerprint density at radius 1 is 1.14 bits per heavy atom. The lowest BCUT2D eigenvalue weighted by atomic mass is 9.53. The van der Waals surface area contributed by atoms with Crippen LogP contribution in [0.25, 0.3) is 12.2 Å². The maximum absolute atomic E-state index is 12.9. The summed E-state index contributed by atoms with van der Waals surface area (Å²) >= 11 is 1.42. The Labute approximate surface area is 176 Å². The zero-order chi connectivity index (χ0) is 19.8. The second kappa shape index (κ2) is 7.63. The zero-order valence-electron chi connectivity index (χ0n) is 16.8. The van der Waals surface area contributed by atoms with E-state index in [0.717, 1.165) is 23.3 Å². The Bertz CT molecular complexity index is 871. The highest BCUT2D eigenvalue weighted by atomic mass is 32.2. The molecule has 4 bridgehead atoms. The maximum Gasteiger partial charge on any atom is 0.233 e. The summed E-state index contributed by atoms with van der Waals surface area (Å²) in [6, 6.07) is 10.1. The lowest BCUT2D eigenvalue weighted by Crippen LogP contribution is -2.60. The largest absolute Gasteiger partial charge is 0.350 e. The Morgan fingerprint density at radius 2 is 1.79 bits per heavy atom. The average molecular weight is 409 g/mol. The number of nitrogens with one attached hydrogen (secondary N) is 2. The van der Waals surface area contributed by atoms with Gasteiger partial charge in [-0.05, 0) is 74.8 Å². The van der Waals surface area contributed by atoms with Crippen LogP contribution in [0.1, 0.15) is 56.8 Å². The molecule has 1 aromatic heterocycles. The number of nitrogens with zero attached hydrogens (tertiary/aromatic N) is 2. The molecule has 0 aliphatic heterocycles. The molecule has 6 rings (SSSR count). The van der Waals surface area contributed by atoms with E-state index in [1.165, 1.54) is 50.3 Å². The number of aromatic nitrogens is 3. The van der Waals surface area contributed by atoms with Gasteiger partial charge in [0.25, 0.3) is 0 Å². The quantitative estimate of drug-likeness (QED) is 0.689. The molecule has 1 atom stereocenters. The third-order valence-electron chi connectivity index (χ3n) is 6.79. The van der Waals surface area contributed by atoms with Crippen LogP contribution in [0, 0.1) is 17.8 Å². The van der Waals surface area contributed by atoms with Crippen LogP contribution in [0.15, 0.2) is 35.5 Å². The number of H-pyrrole nitrogens is 1. The minimum absolute atomic E-state index is 0.0588. The first-order valence-electron chi connectivity index (χ1n) is 10.7. The predicted molar refractivity (Wildman–Crippen MR) is 116 cm³/mol. The van der Waals surface area contributed by atoms with Gasteiger partial charge in [-0.3, -0.25) is 9.89 Å². The molecule has 2 N–H and O–H groups in total. The van der Waals surface area contributed by atoms with E-state index in [9.17, 15) is 4.79 Å². The maximum atomic E-state index is 12.9. The van der Waals surface area contributed by atoms with E-state index in [1.807, 2.05) is 49.4 Å². The van der Waals surface area contributed by atoms with E-state index in [-0.39, 0.29) is 16.7 Å². The molecule has 4 saturated carbocycles. The van der Waals surface area contributed by atoms with Gasteiger partial charge in [-0.25, -0.2) is 4.98 Å². The van der Waals surface area contributed by atoms with Gasteiger partial charge in [0.15, 0.2) is 0 Å². The molecule has 1 amide bonds. The van der Waals surface area contributed by atoms with Crippen molar-refractivity contribution in [1.82, 2.24) is 20.5 Å². The van der Waals surface area contributed by atoms with Crippen molar-refractivity contribution in [2.75, 3.05) is 0 Å². The number of rotatable bonds is 6. The van der Waals surface area contributed by atoms with Gasteiger partial charge in [-0.15, -0.1) is 5.10 Å². The van der Waals surface area contributed by atoms with Gasteiger partial charge < -0.3 is 5.32 Å². The van der Waals surface area contributed by atoms with Crippen LogP contribution in [0.4, 0.5) is 0 Å². The smallest absolute Gasteiger partial charge is 0.233 e. The first kappa shape index (κ1) is 18.9. The molecule has 1 unspecified atom stereocenters. The highest BCUT2D eigenvalue weighted by Crippen LogP contribution is 2.55. The molecule has 4 fully saturated rings.